The zero-order valence-corrected chi connectivity index (χ0v) is 4.07. The zero-order chi connectivity index (χ0) is 6.04. The molecule has 44 valence electrons. The van der Waals surface area contributed by atoms with Crippen molar-refractivity contribution >= 4 is 6.34 Å². The van der Waals surface area contributed by atoms with Gasteiger partial charge in [-0.3, -0.25) is 0 Å². The predicted octanol–water partition coefficient (Wildman–Crippen LogP) is -1.23. The molecule has 0 atom stereocenters. The number of hydrogen-bond acceptors (Lipinski definition) is 4. The summed E-state index contributed by atoms with van der Waals surface area (Å²) in [4.78, 5) is 3.25. The van der Waals surface area contributed by atoms with Crippen molar-refractivity contribution in [3.63, 3.8) is 0 Å². The van der Waals surface area contributed by atoms with E-state index in [-0.39, 0.29) is 0 Å². The Hall–Kier alpha value is -0.870. The molecule has 4 nitrogen and oxygen atoms in total. The van der Waals surface area contributed by atoms with Gasteiger partial charge in [0.2, 0.25) is 0 Å². The Bertz CT molecular complexity index is 125. The Labute approximate surface area is 46.2 Å². The fourth-order valence-corrected chi connectivity index (χ4v) is 0.378. The van der Waals surface area contributed by atoms with Crippen LogP contribution in [0.2, 0.25) is 0 Å². The van der Waals surface area contributed by atoms with E-state index >= 15 is 0 Å². The van der Waals surface area contributed by atoms with Crippen molar-refractivity contribution in [1.82, 2.24) is 5.32 Å². The Morgan fingerprint density at radius 3 is 2.50 bits per heavy atom. The molecule has 0 aromatic rings. The lowest BCUT2D eigenvalue weighted by Gasteiger charge is -2.13. The predicted molar refractivity (Wildman–Crippen MR) is 27.9 cm³/mol. The van der Waals surface area contributed by atoms with Crippen molar-refractivity contribution in [2.75, 3.05) is 0 Å². The summed E-state index contributed by atoms with van der Waals surface area (Å²) in [6, 6.07) is 0. The molecule has 0 saturated carbocycles. The van der Waals surface area contributed by atoms with Crippen LogP contribution in [-0.2, 0) is 0 Å². The summed E-state index contributed by atoms with van der Waals surface area (Å²) in [7, 11) is 0. The largest absolute Gasteiger partial charge is 0.353 e. The number of hydrogen-bond donors (Lipinski definition) is 3. The summed E-state index contributed by atoms with van der Waals surface area (Å²) >= 11 is 0. The van der Waals surface area contributed by atoms with Crippen LogP contribution in [0.5, 0.6) is 0 Å². The first-order valence-electron chi connectivity index (χ1n) is 2.13. The van der Waals surface area contributed by atoms with Crippen LogP contribution in [0.3, 0.4) is 0 Å². The van der Waals surface area contributed by atoms with E-state index in [1.54, 1.807) is 0 Å². The molecule has 1 aliphatic rings. The van der Waals surface area contributed by atoms with Gasteiger partial charge in [0.1, 0.15) is 0 Å². The fourth-order valence-electron chi connectivity index (χ4n) is 0.378. The minimum atomic E-state index is -1.99. The third-order valence-corrected chi connectivity index (χ3v) is 0.732. The molecule has 0 spiro atoms. The highest BCUT2D eigenvalue weighted by Gasteiger charge is 2.16. The van der Waals surface area contributed by atoms with Crippen molar-refractivity contribution < 1.29 is 10.2 Å². The summed E-state index contributed by atoms with van der Waals surface area (Å²) in [5.41, 5.74) is 0. The highest BCUT2D eigenvalue weighted by Crippen LogP contribution is 2.02. The van der Waals surface area contributed by atoms with Gasteiger partial charge in [-0.15, -0.1) is 0 Å². The summed E-state index contributed by atoms with van der Waals surface area (Å²) < 4.78 is 0. The lowest BCUT2D eigenvalue weighted by molar-refractivity contribution is -0.110. The SMILES string of the molecule is OC1(O)C=CNC=N1. The third kappa shape index (κ3) is 1.05. The maximum Gasteiger partial charge on any atom is 0.288 e. The molecule has 1 aliphatic heterocycles. The van der Waals surface area contributed by atoms with E-state index in [1.807, 2.05) is 0 Å². The molecule has 4 heteroatoms. The van der Waals surface area contributed by atoms with E-state index in [1.165, 1.54) is 12.5 Å². The quantitative estimate of drug-likeness (QED) is 0.345. The van der Waals surface area contributed by atoms with Crippen molar-refractivity contribution in [1.29, 1.82) is 0 Å². The van der Waals surface area contributed by atoms with E-state index in [0.717, 1.165) is 6.08 Å². The molecule has 0 bridgehead atoms. The first kappa shape index (κ1) is 5.27. The minimum Gasteiger partial charge on any atom is -0.353 e. The number of aliphatic imine (C=N–C) groups is 1. The van der Waals surface area contributed by atoms with Crippen LogP contribution in [-0.4, -0.2) is 22.5 Å². The molecule has 0 unspecified atom stereocenters. The number of nitrogens with zero attached hydrogens (tertiary/aromatic N) is 1. The molecule has 1 heterocycles. The molecule has 3 N–H and O–H groups in total. The first-order chi connectivity index (χ1) is 3.71. The topological polar surface area (TPSA) is 64.8 Å². The van der Waals surface area contributed by atoms with Gasteiger partial charge >= 0.3 is 0 Å². The average molecular weight is 114 g/mol. The van der Waals surface area contributed by atoms with E-state index in [2.05, 4.69) is 10.3 Å². The second-order valence-corrected chi connectivity index (χ2v) is 1.45. The van der Waals surface area contributed by atoms with Crippen LogP contribution in [0.15, 0.2) is 17.3 Å². The van der Waals surface area contributed by atoms with Crippen LogP contribution < -0.4 is 5.32 Å². The van der Waals surface area contributed by atoms with Gasteiger partial charge in [-0.25, -0.2) is 4.99 Å². The van der Waals surface area contributed by atoms with Gasteiger partial charge in [-0.05, 0) is 0 Å². The molecule has 0 aliphatic carbocycles. The minimum absolute atomic E-state index is 1.13. The van der Waals surface area contributed by atoms with Crippen LogP contribution in [0.25, 0.3) is 0 Å². The lowest BCUT2D eigenvalue weighted by Crippen LogP contribution is -2.27. The summed E-state index contributed by atoms with van der Waals surface area (Å²) in [5.74, 6) is -1.99. The van der Waals surface area contributed by atoms with E-state index in [4.69, 9.17) is 10.2 Å². The van der Waals surface area contributed by atoms with Crippen LogP contribution in [0, 0.1) is 0 Å². The van der Waals surface area contributed by atoms with Crippen LogP contribution in [0.1, 0.15) is 0 Å². The van der Waals surface area contributed by atoms with Crippen molar-refractivity contribution in [2.24, 2.45) is 4.99 Å². The van der Waals surface area contributed by atoms with Crippen molar-refractivity contribution in [2.45, 2.75) is 5.91 Å². The van der Waals surface area contributed by atoms with Gasteiger partial charge in [0.15, 0.2) is 0 Å². The molecule has 0 radical (unpaired) electrons. The summed E-state index contributed by atoms with van der Waals surface area (Å²) in [5, 5.41) is 19.8. The standard InChI is InChI=1S/C4H6N2O2/c7-4(8)1-2-5-3-6-4/h1-3,7-8H,(H,5,6). The number of nitrogens with one attached hydrogen (secondary N) is 1. The smallest absolute Gasteiger partial charge is 0.288 e. The molecule has 0 saturated heterocycles. The Balaban J connectivity index is 2.69. The molecule has 0 fully saturated rings. The molecule has 0 amide bonds. The van der Waals surface area contributed by atoms with E-state index in [0.29, 0.717) is 0 Å². The van der Waals surface area contributed by atoms with Crippen molar-refractivity contribution in [3.05, 3.63) is 12.3 Å². The second-order valence-electron chi connectivity index (χ2n) is 1.45. The average Bonchev–Trinajstić information content (AvgIpc) is 1.65. The Kier molecular flexibility index (Phi) is 1.04. The summed E-state index contributed by atoms with van der Waals surface area (Å²) in [6.45, 7) is 0. The first-order valence-corrected chi connectivity index (χ1v) is 2.13. The van der Waals surface area contributed by atoms with E-state index in [9.17, 15) is 0 Å². The maximum absolute atomic E-state index is 8.61. The van der Waals surface area contributed by atoms with Crippen LogP contribution >= 0.6 is 0 Å². The third-order valence-electron chi connectivity index (χ3n) is 0.732. The molecular weight excluding hydrogens is 108 g/mol. The van der Waals surface area contributed by atoms with Gasteiger partial charge in [0, 0.05) is 12.3 Å². The molecule has 8 heavy (non-hydrogen) atoms. The molecular formula is C4H6N2O2. The van der Waals surface area contributed by atoms with Crippen LogP contribution in [0.4, 0.5) is 0 Å². The normalized spacial score (nSPS) is 22.8. The molecule has 1 rings (SSSR count). The van der Waals surface area contributed by atoms with Gasteiger partial charge in [-0.1, -0.05) is 0 Å². The summed E-state index contributed by atoms with van der Waals surface area (Å²) in [6.07, 6.45) is 3.74. The van der Waals surface area contributed by atoms with Crippen molar-refractivity contribution in [3.8, 4) is 0 Å². The highest BCUT2D eigenvalue weighted by atomic mass is 16.5. The Morgan fingerprint density at radius 2 is 2.25 bits per heavy atom. The van der Waals surface area contributed by atoms with E-state index < -0.39 is 5.91 Å². The second kappa shape index (κ2) is 1.57. The van der Waals surface area contributed by atoms with Gasteiger partial charge < -0.3 is 15.5 Å². The maximum atomic E-state index is 8.61. The van der Waals surface area contributed by atoms with Gasteiger partial charge in [0.05, 0.1) is 6.34 Å². The molecule has 0 aromatic heterocycles. The number of rotatable bonds is 0. The monoisotopic (exact) mass is 114 g/mol. The fraction of sp³-hybridized carbons (Fsp3) is 0.250. The Morgan fingerprint density at radius 1 is 1.50 bits per heavy atom. The molecule has 0 aromatic carbocycles. The van der Waals surface area contributed by atoms with Gasteiger partial charge in [0.25, 0.3) is 5.91 Å². The van der Waals surface area contributed by atoms with Gasteiger partial charge in [-0.2, -0.15) is 0 Å². The zero-order valence-electron chi connectivity index (χ0n) is 4.07. The number of aliphatic hydroxyl groups is 2. The lowest BCUT2D eigenvalue weighted by atomic mass is 10.4. The highest BCUT2D eigenvalue weighted by molar-refractivity contribution is 5.57.